The first kappa shape index (κ1) is 45.6. The maximum atomic E-state index is 13.3. The van der Waals surface area contributed by atoms with E-state index in [2.05, 4.69) is 36.0 Å². The van der Waals surface area contributed by atoms with Crippen LogP contribution in [0.5, 0.6) is 11.5 Å². The lowest BCUT2D eigenvalue weighted by Crippen LogP contribution is -2.28. The molecule has 1 amide bonds. The first-order valence-electron chi connectivity index (χ1n) is 21.6. The number of phenols is 2. The molecule has 0 aliphatic carbocycles. The van der Waals surface area contributed by atoms with Crippen LogP contribution in [0.1, 0.15) is 54.4 Å². The Kier molecular flexibility index (Phi) is 12.9. The summed E-state index contributed by atoms with van der Waals surface area (Å²) < 4.78 is 8.28. The number of para-hydroxylation sites is 2. The average molecular weight is 910 g/mol. The molecule has 16 heteroatoms. The first-order chi connectivity index (χ1) is 32.7. The second-order valence-electron chi connectivity index (χ2n) is 16.3. The Balaban J connectivity index is 0.886. The Morgan fingerprint density at radius 3 is 1.50 bits per heavy atom. The highest BCUT2D eigenvalue weighted by Gasteiger charge is 2.18. The van der Waals surface area contributed by atoms with E-state index in [0.29, 0.717) is 50.6 Å². The van der Waals surface area contributed by atoms with Crippen molar-refractivity contribution < 1.29 is 24.5 Å². The molecular weight excluding hydrogens is 863 g/mol. The number of azo groups is 2. The van der Waals surface area contributed by atoms with Gasteiger partial charge < -0.3 is 20.3 Å². The van der Waals surface area contributed by atoms with Crippen molar-refractivity contribution in [1.82, 2.24) is 24.9 Å². The van der Waals surface area contributed by atoms with Crippen LogP contribution in [0.4, 0.5) is 22.7 Å². The predicted molar refractivity (Wildman–Crippen MR) is 259 cm³/mol. The number of amides is 1. The second-order valence-corrected chi connectivity index (χ2v) is 16.3. The summed E-state index contributed by atoms with van der Waals surface area (Å²) in [6.45, 7) is 11.2. The minimum Gasteiger partial charge on any atom is -0.505 e. The van der Waals surface area contributed by atoms with E-state index in [0.717, 1.165) is 22.3 Å². The molecule has 0 spiro atoms. The topological polar surface area (TPSA) is 221 Å². The van der Waals surface area contributed by atoms with Crippen LogP contribution in [0, 0.1) is 41.5 Å². The number of aryl methyl sites for hydroxylation is 6. The van der Waals surface area contributed by atoms with E-state index < -0.39 is 17.4 Å². The molecule has 342 valence electrons. The Hall–Kier alpha value is -8.92. The molecule has 8 rings (SSSR count). The monoisotopic (exact) mass is 909 g/mol. The SMILES string of the molecule is Cc1ccc(-n2[nH]c(C)c(N=Nc3cccc(-c4cccc(C(=O)NCCOC(=O)c5cccc(-c6cccc(N=Nc7c(C)[nH]n(-c8ccc(C)c(C)c8)c7=O)c6O)c5)c4)c3O)c2=O)cc1C. The minimum absolute atomic E-state index is 0.00357. The molecule has 0 atom stereocenters. The Morgan fingerprint density at radius 1 is 0.559 bits per heavy atom. The van der Waals surface area contributed by atoms with Gasteiger partial charge in [0.05, 0.1) is 34.9 Å². The Bertz CT molecular complexity index is 3220. The van der Waals surface area contributed by atoms with Crippen molar-refractivity contribution in [3.63, 3.8) is 0 Å². The summed E-state index contributed by atoms with van der Waals surface area (Å²) in [7, 11) is 0. The zero-order valence-electron chi connectivity index (χ0n) is 38.1. The van der Waals surface area contributed by atoms with Gasteiger partial charge in [0.2, 0.25) is 0 Å². The molecule has 0 saturated heterocycles. The number of carbonyl (C=O) groups is 2. The molecule has 0 unspecified atom stereocenters. The van der Waals surface area contributed by atoms with E-state index in [-0.39, 0.29) is 58.5 Å². The molecule has 0 fully saturated rings. The van der Waals surface area contributed by atoms with Crippen molar-refractivity contribution >= 4 is 34.6 Å². The van der Waals surface area contributed by atoms with Gasteiger partial charge in [-0.15, -0.1) is 20.5 Å². The van der Waals surface area contributed by atoms with Gasteiger partial charge in [-0.1, -0.05) is 60.7 Å². The van der Waals surface area contributed by atoms with Gasteiger partial charge in [-0.3, -0.25) is 24.6 Å². The predicted octanol–water partition coefficient (Wildman–Crippen LogP) is 10.7. The number of carbonyl (C=O) groups excluding carboxylic acids is 2. The summed E-state index contributed by atoms with van der Waals surface area (Å²) in [5, 5.41) is 48.2. The highest BCUT2D eigenvalue weighted by Crippen LogP contribution is 2.39. The van der Waals surface area contributed by atoms with Crippen LogP contribution < -0.4 is 16.4 Å². The third kappa shape index (κ3) is 9.42. The van der Waals surface area contributed by atoms with Crippen LogP contribution in [0.15, 0.2) is 151 Å². The molecule has 0 radical (unpaired) electrons. The quantitative estimate of drug-likeness (QED) is 0.0427. The fourth-order valence-electron chi connectivity index (χ4n) is 7.44. The molecule has 0 aliphatic heterocycles. The summed E-state index contributed by atoms with van der Waals surface area (Å²) in [5.41, 5.74) is 8.55. The number of H-pyrrole nitrogens is 2. The zero-order chi connectivity index (χ0) is 48.2. The largest absolute Gasteiger partial charge is 0.505 e. The van der Waals surface area contributed by atoms with Gasteiger partial charge in [0.25, 0.3) is 17.0 Å². The van der Waals surface area contributed by atoms with E-state index in [1.807, 2.05) is 64.1 Å². The van der Waals surface area contributed by atoms with Crippen LogP contribution in [-0.2, 0) is 4.74 Å². The van der Waals surface area contributed by atoms with Crippen LogP contribution in [0.3, 0.4) is 0 Å². The van der Waals surface area contributed by atoms with Crippen molar-refractivity contribution in [2.75, 3.05) is 13.2 Å². The maximum absolute atomic E-state index is 13.3. The van der Waals surface area contributed by atoms with Crippen molar-refractivity contribution in [2.24, 2.45) is 20.5 Å². The number of phenolic OH excluding ortho intramolecular Hbond substituents is 2. The molecule has 0 aliphatic rings. The second kappa shape index (κ2) is 19.3. The standard InChI is InChI=1S/C52H47N9O7/c1-29-19-21-39(25-31(29)3)60-50(65)45(33(5)58-60)56-54-43-17-9-15-41(47(43)62)35-11-7-13-37(27-35)49(64)53-23-24-68-52(67)38-14-8-12-36(28-38)42-16-10-18-44(48(42)63)55-57-46-34(6)59-61(51(46)66)40-22-20-30(2)32(4)26-40/h7-22,25-28,58-59,62-63H,23-24H2,1-6H3,(H,53,64). The molecule has 6 aromatic carbocycles. The van der Waals surface area contributed by atoms with E-state index in [1.165, 1.54) is 9.36 Å². The van der Waals surface area contributed by atoms with Crippen molar-refractivity contribution in [3.8, 4) is 45.1 Å². The molecule has 16 nitrogen and oxygen atoms in total. The normalized spacial score (nSPS) is 11.4. The zero-order valence-corrected chi connectivity index (χ0v) is 38.1. The molecule has 2 aromatic heterocycles. The third-order valence-corrected chi connectivity index (χ3v) is 11.6. The van der Waals surface area contributed by atoms with Crippen molar-refractivity contribution in [3.05, 3.63) is 187 Å². The lowest BCUT2D eigenvalue weighted by atomic mass is 10.0. The number of aromatic nitrogens is 4. The third-order valence-electron chi connectivity index (χ3n) is 11.6. The van der Waals surface area contributed by atoms with Crippen molar-refractivity contribution in [2.45, 2.75) is 41.5 Å². The maximum Gasteiger partial charge on any atom is 0.338 e. The molecule has 68 heavy (non-hydrogen) atoms. The Labute approximate surface area is 389 Å². The number of hydrogen-bond acceptors (Lipinski definition) is 11. The van der Waals surface area contributed by atoms with Crippen molar-refractivity contribution in [1.29, 1.82) is 0 Å². The van der Waals surface area contributed by atoms with E-state index in [1.54, 1.807) is 98.8 Å². The average Bonchev–Trinajstić information content (AvgIpc) is 3.79. The lowest BCUT2D eigenvalue weighted by molar-refractivity contribution is 0.0503. The number of rotatable bonds is 13. The van der Waals surface area contributed by atoms with Crippen LogP contribution >= 0.6 is 0 Å². The lowest BCUT2D eigenvalue weighted by Gasteiger charge is -2.11. The van der Waals surface area contributed by atoms with Gasteiger partial charge in [-0.2, -0.15) is 0 Å². The van der Waals surface area contributed by atoms with Gasteiger partial charge in [-0.25, -0.2) is 14.2 Å². The van der Waals surface area contributed by atoms with Gasteiger partial charge in [-0.05, 0) is 136 Å². The molecule has 2 heterocycles. The highest BCUT2D eigenvalue weighted by molar-refractivity contribution is 5.96. The number of benzene rings is 6. The number of esters is 1. The van der Waals surface area contributed by atoms with Gasteiger partial charge in [0, 0.05) is 16.7 Å². The van der Waals surface area contributed by atoms with Gasteiger partial charge >= 0.3 is 5.97 Å². The number of nitrogens with one attached hydrogen (secondary N) is 3. The van der Waals surface area contributed by atoms with E-state index in [9.17, 15) is 29.4 Å². The summed E-state index contributed by atoms with van der Waals surface area (Å²) in [4.78, 5) is 52.9. The number of hydrogen-bond donors (Lipinski definition) is 5. The summed E-state index contributed by atoms with van der Waals surface area (Å²) >= 11 is 0. The summed E-state index contributed by atoms with van der Waals surface area (Å²) in [6.07, 6.45) is 0. The van der Waals surface area contributed by atoms with Gasteiger partial charge in [0.1, 0.15) is 18.0 Å². The Morgan fingerprint density at radius 2 is 1.01 bits per heavy atom. The minimum atomic E-state index is -0.646. The fourth-order valence-corrected chi connectivity index (χ4v) is 7.44. The number of aromatic amines is 2. The fraction of sp³-hybridized carbons (Fsp3) is 0.154. The number of ether oxygens (including phenoxy) is 1. The molecule has 0 bridgehead atoms. The van der Waals surface area contributed by atoms with Crippen LogP contribution in [0.25, 0.3) is 33.6 Å². The molecular formula is C52H47N9O7. The van der Waals surface area contributed by atoms with Crippen LogP contribution in [-0.4, -0.2) is 54.8 Å². The molecule has 8 aromatic rings. The van der Waals surface area contributed by atoms with E-state index >= 15 is 0 Å². The summed E-state index contributed by atoms with van der Waals surface area (Å²) in [6, 6.07) is 34.3. The highest BCUT2D eigenvalue weighted by atomic mass is 16.5. The molecule has 0 saturated carbocycles. The smallest absolute Gasteiger partial charge is 0.338 e. The number of nitrogens with zero attached hydrogens (tertiary/aromatic N) is 6. The molecule has 5 N–H and O–H groups in total. The summed E-state index contributed by atoms with van der Waals surface area (Å²) in [5.74, 6) is -1.47. The van der Waals surface area contributed by atoms with E-state index in [4.69, 9.17) is 4.74 Å². The van der Waals surface area contributed by atoms with Crippen LogP contribution in [0.2, 0.25) is 0 Å². The first-order valence-corrected chi connectivity index (χ1v) is 21.6. The number of aromatic hydroxyl groups is 2. The van der Waals surface area contributed by atoms with Gasteiger partial charge in [0.15, 0.2) is 22.9 Å².